The van der Waals surface area contributed by atoms with Crippen molar-refractivity contribution in [3.63, 3.8) is 0 Å². The molecule has 1 amide bonds. The van der Waals surface area contributed by atoms with Crippen molar-refractivity contribution in [3.8, 4) is 0 Å². The minimum atomic E-state index is -0.102. The molecule has 0 saturated carbocycles. The van der Waals surface area contributed by atoms with Gasteiger partial charge in [0.2, 0.25) is 5.91 Å². The predicted octanol–water partition coefficient (Wildman–Crippen LogP) is 1.18. The predicted molar refractivity (Wildman–Crippen MR) is 66.0 cm³/mol. The summed E-state index contributed by atoms with van der Waals surface area (Å²) in [6.07, 6.45) is 2.32. The first-order chi connectivity index (χ1) is 8.11. The number of carbonyl (C=O) groups excluding carboxylic acids is 1. The molecule has 0 aromatic carbocycles. The summed E-state index contributed by atoms with van der Waals surface area (Å²) >= 11 is 0. The average Bonchev–Trinajstić information content (AvgIpc) is 2.69. The molecule has 0 saturated heterocycles. The highest BCUT2D eigenvalue weighted by Gasteiger charge is 2.04. The summed E-state index contributed by atoms with van der Waals surface area (Å²) in [5.74, 6) is 6.81. The zero-order valence-corrected chi connectivity index (χ0v) is 10.5. The number of hydrogen-bond donors (Lipinski definition) is 2. The van der Waals surface area contributed by atoms with Crippen molar-refractivity contribution in [2.75, 3.05) is 13.6 Å². The van der Waals surface area contributed by atoms with Crippen LogP contribution in [0.5, 0.6) is 0 Å². The third kappa shape index (κ3) is 5.51. The molecule has 0 aliphatic heterocycles. The van der Waals surface area contributed by atoms with E-state index in [1.54, 1.807) is 0 Å². The Morgan fingerprint density at radius 3 is 2.82 bits per heavy atom. The maximum atomic E-state index is 10.9. The molecule has 0 aliphatic rings. The fourth-order valence-corrected chi connectivity index (χ4v) is 1.65. The van der Waals surface area contributed by atoms with Crippen molar-refractivity contribution in [3.05, 3.63) is 23.7 Å². The van der Waals surface area contributed by atoms with Gasteiger partial charge in [-0.15, -0.1) is 0 Å². The van der Waals surface area contributed by atoms with Crippen molar-refractivity contribution < 1.29 is 9.21 Å². The molecule has 0 fully saturated rings. The van der Waals surface area contributed by atoms with Crippen LogP contribution >= 0.6 is 0 Å². The number of nitrogens with one attached hydrogen (secondary N) is 1. The number of rotatable bonds is 7. The second-order valence-corrected chi connectivity index (χ2v) is 4.27. The highest BCUT2D eigenvalue weighted by molar-refractivity contribution is 5.75. The molecule has 1 rings (SSSR count). The van der Waals surface area contributed by atoms with Gasteiger partial charge in [0.25, 0.3) is 0 Å². The van der Waals surface area contributed by atoms with Gasteiger partial charge in [-0.2, -0.15) is 0 Å². The van der Waals surface area contributed by atoms with Gasteiger partial charge in [-0.1, -0.05) is 0 Å². The molecule has 0 bridgehead atoms. The van der Waals surface area contributed by atoms with Crippen LogP contribution in [0.15, 0.2) is 16.5 Å². The monoisotopic (exact) mass is 239 g/mol. The van der Waals surface area contributed by atoms with Gasteiger partial charge < -0.3 is 4.42 Å². The first kappa shape index (κ1) is 13.7. The van der Waals surface area contributed by atoms with E-state index in [1.807, 2.05) is 26.1 Å². The van der Waals surface area contributed by atoms with Gasteiger partial charge in [0, 0.05) is 6.42 Å². The fourth-order valence-electron chi connectivity index (χ4n) is 1.65. The van der Waals surface area contributed by atoms with Crippen LogP contribution in [0.3, 0.4) is 0 Å². The number of aryl methyl sites for hydroxylation is 1. The minimum absolute atomic E-state index is 0.102. The summed E-state index contributed by atoms with van der Waals surface area (Å²) in [6, 6.07) is 3.96. The molecule has 3 N–H and O–H groups in total. The quantitative estimate of drug-likeness (QED) is 0.324. The highest BCUT2D eigenvalue weighted by atomic mass is 16.3. The smallest absolute Gasteiger partial charge is 0.233 e. The van der Waals surface area contributed by atoms with Gasteiger partial charge in [0.1, 0.15) is 11.5 Å². The molecular weight excluding hydrogens is 218 g/mol. The second-order valence-electron chi connectivity index (χ2n) is 4.27. The third-order valence-corrected chi connectivity index (χ3v) is 2.58. The number of nitrogens with two attached hydrogens (primary N) is 1. The Morgan fingerprint density at radius 1 is 1.47 bits per heavy atom. The molecule has 1 heterocycles. The van der Waals surface area contributed by atoms with E-state index in [-0.39, 0.29) is 5.91 Å². The van der Waals surface area contributed by atoms with Crippen molar-refractivity contribution in [1.82, 2.24) is 10.3 Å². The first-order valence-electron chi connectivity index (χ1n) is 5.85. The van der Waals surface area contributed by atoms with Gasteiger partial charge in [-0.25, -0.2) is 5.84 Å². The topological polar surface area (TPSA) is 71.5 Å². The van der Waals surface area contributed by atoms with E-state index in [9.17, 15) is 4.79 Å². The lowest BCUT2D eigenvalue weighted by atomic mass is 10.2. The largest absolute Gasteiger partial charge is 0.465 e. The molecule has 0 radical (unpaired) electrons. The number of carbonyl (C=O) groups is 1. The molecular formula is C12H21N3O2. The number of hydrazine groups is 1. The van der Waals surface area contributed by atoms with Crippen LogP contribution in [-0.2, 0) is 11.3 Å². The van der Waals surface area contributed by atoms with Gasteiger partial charge in [-0.3, -0.25) is 15.1 Å². The Bertz CT molecular complexity index is 349. The van der Waals surface area contributed by atoms with Gasteiger partial charge in [-0.05, 0) is 45.5 Å². The number of amides is 1. The van der Waals surface area contributed by atoms with Crippen molar-refractivity contribution in [1.29, 1.82) is 0 Å². The molecule has 1 aromatic heterocycles. The number of hydrogen-bond acceptors (Lipinski definition) is 4. The zero-order valence-electron chi connectivity index (χ0n) is 10.5. The summed E-state index contributed by atoms with van der Waals surface area (Å²) in [5, 5.41) is 0. The standard InChI is InChI=1S/C12H21N3O2/c1-10-6-7-11(17-10)9-15(2)8-4-3-5-12(16)14-13/h6-7H,3-5,8-9,13H2,1-2H3,(H,14,16). The summed E-state index contributed by atoms with van der Waals surface area (Å²) in [5.41, 5.74) is 2.13. The fraction of sp³-hybridized carbons (Fsp3) is 0.583. The highest BCUT2D eigenvalue weighted by Crippen LogP contribution is 2.09. The Morgan fingerprint density at radius 2 is 2.24 bits per heavy atom. The second kappa shape index (κ2) is 7.09. The Kier molecular flexibility index (Phi) is 5.72. The van der Waals surface area contributed by atoms with Crippen LogP contribution in [0.4, 0.5) is 0 Å². The lowest BCUT2D eigenvalue weighted by Crippen LogP contribution is -2.29. The summed E-state index contributed by atoms with van der Waals surface area (Å²) in [4.78, 5) is 13.1. The molecule has 17 heavy (non-hydrogen) atoms. The van der Waals surface area contributed by atoms with Gasteiger partial charge >= 0.3 is 0 Å². The molecule has 96 valence electrons. The van der Waals surface area contributed by atoms with Crippen molar-refractivity contribution in [2.45, 2.75) is 32.7 Å². The lowest BCUT2D eigenvalue weighted by Gasteiger charge is -2.14. The first-order valence-corrected chi connectivity index (χ1v) is 5.85. The van der Waals surface area contributed by atoms with Crippen LogP contribution < -0.4 is 11.3 Å². The molecule has 0 spiro atoms. The van der Waals surface area contributed by atoms with E-state index in [1.165, 1.54) is 0 Å². The maximum Gasteiger partial charge on any atom is 0.233 e. The number of unbranched alkanes of at least 4 members (excludes halogenated alkanes) is 1. The average molecular weight is 239 g/mol. The summed E-state index contributed by atoms with van der Waals surface area (Å²) in [7, 11) is 2.04. The van der Waals surface area contributed by atoms with Crippen molar-refractivity contribution >= 4 is 5.91 Å². The minimum Gasteiger partial charge on any atom is -0.465 e. The van der Waals surface area contributed by atoms with Crippen LogP contribution in [0.2, 0.25) is 0 Å². The van der Waals surface area contributed by atoms with Crippen molar-refractivity contribution in [2.24, 2.45) is 5.84 Å². The Labute approximate surface area is 102 Å². The number of nitrogens with zero attached hydrogens (tertiary/aromatic N) is 1. The molecule has 1 aromatic rings. The zero-order chi connectivity index (χ0) is 12.7. The van der Waals surface area contributed by atoms with Crippen LogP contribution in [-0.4, -0.2) is 24.4 Å². The Hall–Kier alpha value is -1.33. The van der Waals surface area contributed by atoms with Crippen LogP contribution in [0.25, 0.3) is 0 Å². The molecule has 0 aliphatic carbocycles. The summed E-state index contributed by atoms with van der Waals surface area (Å²) in [6.45, 7) is 3.68. The maximum absolute atomic E-state index is 10.9. The Balaban J connectivity index is 2.13. The van der Waals surface area contributed by atoms with E-state index in [0.717, 1.165) is 37.5 Å². The SMILES string of the molecule is Cc1ccc(CN(C)CCCCC(=O)NN)o1. The van der Waals surface area contributed by atoms with E-state index < -0.39 is 0 Å². The third-order valence-electron chi connectivity index (χ3n) is 2.58. The van der Waals surface area contributed by atoms with E-state index in [2.05, 4.69) is 10.3 Å². The molecule has 5 heteroatoms. The normalized spacial score (nSPS) is 10.8. The van der Waals surface area contributed by atoms with E-state index in [0.29, 0.717) is 6.42 Å². The lowest BCUT2D eigenvalue weighted by molar-refractivity contribution is -0.121. The van der Waals surface area contributed by atoms with E-state index in [4.69, 9.17) is 10.3 Å². The summed E-state index contributed by atoms with van der Waals surface area (Å²) < 4.78 is 5.49. The van der Waals surface area contributed by atoms with Crippen LogP contribution in [0, 0.1) is 6.92 Å². The van der Waals surface area contributed by atoms with Gasteiger partial charge in [0.05, 0.1) is 6.54 Å². The molecule has 0 atom stereocenters. The van der Waals surface area contributed by atoms with Crippen LogP contribution in [0.1, 0.15) is 30.8 Å². The van der Waals surface area contributed by atoms with E-state index >= 15 is 0 Å². The van der Waals surface area contributed by atoms with Gasteiger partial charge in [0.15, 0.2) is 0 Å². The molecule has 0 unspecified atom stereocenters. The molecule has 5 nitrogen and oxygen atoms in total. The number of furan rings is 1.